The highest BCUT2D eigenvalue weighted by Gasteiger charge is 2.28. The van der Waals surface area contributed by atoms with E-state index in [1.807, 2.05) is 72.8 Å². The van der Waals surface area contributed by atoms with Gasteiger partial charge in [0.05, 0.1) is 19.6 Å². The second-order valence-corrected chi connectivity index (χ2v) is 5.02. The van der Waals surface area contributed by atoms with Crippen molar-refractivity contribution in [3.63, 3.8) is 0 Å². The molecule has 1 N–H and O–H groups in total. The molecule has 22 heavy (non-hydrogen) atoms. The first kappa shape index (κ1) is 16.0. The Labute approximate surface area is 130 Å². The number of hydrogen-bond acceptors (Lipinski definition) is 3. The van der Waals surface area contributed by atoms with Crippen LogP contribution in [0, 0.1) is 5.92 Å². The lowest BCUT2D eigenvalue weighted by Crippen LogP contribution is -2.26. The first-order chi connectivity index (χ1) is 10.8. The summed E-state index contributed by atoms with van der Waals surface area (Å²) in [7, 11) is 1.34. The fourth-order valence-corrected chi connectivity index (χ4v) is 2.42. The van der Waals surface area contributed by atoms with Crippen LogP contribution in [-0.4, -0.2) is 24.8 Å². The van der Waals surface area contributed by atoms with E-state index in [0.29, 0.717) is 0 Å². The Morgan fingerprint density at radius 1 is 1.09 bits per heavy atom. The summed E-state index contributed by atoms with van der Waals surface area (Å²) in [6.45, 7) is -0.259. The summed E-state index contributed by atoms with van der Waals surface area (Å²) in [5.74, 6) is -1.26. The van der Waals surface area contributed by atoms with Gasteiger partial charge in [-0.1, -0.05) is 72.8 Å². The zero-order chi connectivity index (χ0) is 15.8. The first-order valence-corrected chi connectivity index (χ1v) is 7.23. The summed E-state index contributed by atoms with van der Waals surface area (Å²) in [5.41, 5.74) is 2.02. The van der Waals surface area contributed by atoms with Crippen LogP contribution in [0.5, 0.6) is 0 Å². The predicted octanol–water partition coefficient (Wildman–Crippen LogP) is 3.27. The number of aliphatic hydroxyl groups excluding tert-OH is 1. The number of carbonyl (C=O) groups is 1. The number of hydrogen-bond donors (Lipinski definition) is 1. The van der Waals surface area contributed by atoms with Crippen LogP contribution in [0.2, 0.25) is 0 Å². The molecule has 114 valence electrons. The first-order valence-electron chi connectivity index (χ1n) is 7.23. The van der Waals surface area contributed by atoms with Crippen molar-refractivity contribution in [3.05, 3.63) is 77.9 Å². The zero-order valence-electron chi connectivity index (χ0n) is 12.6. The van der Waals surface area contributed by atoms with Crippen molar-refractivity contribution in [2.45, 2.75) is 5.92 Å². The van der Waals surface area contributed by atoms with Crippen LogP contribution in [-0.2, 0) is 9.53 Å². The van der Waals surface area contributed by atoms with E-state index in [-0.39, 0.29) is 12.5 Å². The van der Waals surface area contributed by atoms with Crippen molar-refractivity contribution in [1.29, 1.82) is 0 Å². The van der Waals surface area contributed by atoms with Gasteiger partial charge >= 0.3 is 5.97 Å². The number of rotatable bonds is 6. The molecule has 0 radical (unpaired) electrons. The molecule has 0 spiro atoms. The fraction of sp³-hybridized carbons (Fsp3) is 0.211. The maximum Gasteiger partial charge on any atom is 0.311 e. The normalized spacial score (nSPS) is 13.7. The van der Waals surface area contributed by atoms with Gasteiger partial charge in [0.15, 0.2) is 0 Å². The molecule has 2 aromatic rings. The highest BCUT2D eigenvalue weighted by atomic mass is 16.5. The summed E-state index contributed by atoms with van der Waals surface area (Å²) >= 11 is 0. The molecule has 2 aromatic carbocycles. The van der Waals surface area contributed by atoms with Crippen LogP contribution in [0.4, 0.5) is 0 Å². The molecule has 0 aliphatic rings. The SMILES string of the molecule is COC(=O)C(CO)C(C=Cc1ccccc1)c1ccccc1. The monoisotopic (exact) mass is 296 g/mol. The lowest BCUT2D eigenvalue weighted by atomic mass is 9.85. The molecule has 0 saturated carbocycles. The van der Waals surface area contributed by atoms with Crippen LogP contribution in [0.1, 0.15) is 17.0 Å². The molecule has 0 amide bonds. The van der Waals surface area contributed by atoms with Gasteiger partial charge in [0.1, 0.15) is 0 Å². The highest BCUT2D eigenvalue weighted by Crippen LogP contribution is 2.28. The van der Waals surface area contributed by atoms with Gasteiger partial charge in [-0.25, -0.2) is 0 Å². The van der Waals surface area contributed by atoms with E-state index in [2.05, 4.69) is 0 Å². The summed E-state index contributed by atoms with van der Waals surface area (Å²) in [6.07, 6.45) is 3.91. The molecule has 0 aliphatic carbocycles. The third-order valence-corrected chi connectivity index (χ3v) is 3.61. The van der Waals surface area contributed by atoms with Crippen LogP contribution in [0.3, 0.4) is 0 Å². The van der Waals surface area contributed by atoms with Crippen molar-refractivity contribution >= 4 is 12.0 Å². The van der Waals surface area contributed by atoms with Gasteiger partial charge in [-0.05, 0) is 11.1 Å². The molecule has 3 heteroatoms. The van der Waals surface area contributed by atoms with Crippen molar-refractivity contribution in [3.8, 4) is 0 Å². The Hall–Kier alpha value is -2.39. The summed E-state index contributed by atoms with van der Waals surface area (Å²) < 4.78 is 4.82. The topological polar surface area (TPSA) is 46.5 Å². The van der Waals surface area contributed by atoms with Crippen molar-refractivity contribution in [1.82, 2.24) is 0 Å². The second kappa shape index (κ2) is 8.15. The fourth-order valence-electron chi connectivity index (χ4n) is 2.42. The van der Waals surface area contributed by atoms with Gasteiger partial charge in [-0.3, -0.25) is 4.79 Å². The van der Waals surface area contributed by atoms with Crippen molar-refractivity contribution in [2.75, 3.05) is 13.7 Å². The van der Waals surface area contributed by atoms with Gasteiger partial charge < -0.3 is 9.84 Å². The second-order valence-electron chi connectivity index (χ2n) is 5.02. The quantitative estimate of drug-likeness (QED) is 0.832. The maximum atomic E-state index is 12.0. The largest absolute Gasteiger partial charge is 0.469 e. The summed E-state index contributed by atoms with van der Waals surface area (Å²) in [6, 6.07) is 19.5. The average molecular weight is 296 g/mol. The minimum Gasteiger partial charge on any atom is -0.469 e. The molecule has 2 rings (SSSR count). The minimum absolute atomic E-state index is 0.237. The van der Waals surface area contributed by atoms with E-state index in [1.54, 1.807) is 0 Å². The minimum atomic E-state index is -0.618. The van der Waals surface area contributed by atoms with Crippen LogP contribution >= 0.6 is 0 Å². The Morgan fingerprint density at radius 2 is 1.68 bits per heavy atom. The van der Waals surface area contributed by atoms with Gasteiger partial charge in [0.2, 0.25) is 0 Å². The molecule has 3 nitrogen and oxygen atoms in total. The maximum absolute atomic E-state index is 12.0. The Bertz CT molecular complexity index is 605. The molecule has 2 atom stereocenters. The van der Waals surface area contributed by atoms with Crippen molar-refractivity contribution in [2.24, 2.45) is 5.92 Å². The third kappa shape index (κ3) is 4.06. The van der Waals surface area contributed by atoms with E-state index >= 15 is 0 Å². The molecule has 0 saturated heterocycles. The van der Waals surface area contributed by atoms with Gasteiger partial charge in [-0.2, -0.15) is 0 Å². The third-order valence-electron chi connectivity index (χ3n) is 3.61. The number of carbonyl (C=O) groups excluding carboxylic acids is 1. The lowest BCUT2D eigenvalue weighted by molar-refractivity contribution is -0.147. The Morgan fingerprint density at radius 3 is 2.23 bits per heavy atom. The van der Waals surface area contributed by atoms with Gasteiger partial charge in [-0.15, -0.1) is 0 Å². The van der Waals surface area contributed by atoms with E-state index in [1.165, 1.54) is 7.11 Å². The van der Waals surface area contributed by atoms with E-state index in [4.69, 9.17) is 4.74 Å². The summed E-state index contributed by atoms with van der Waals surface area (Å²) in [4.78, 5) is 12.0. The Balaban J connectivity index is 2.33. The molecule has 0 aliphatic heterocycles. The van der Waals surface area contributed by atoms with Crippen LogP contribution < -0.4 is 0 Å². The molecular weight excluding hydrogens is 276 g/mol. The molecule has 0 fully saturated rings. The van der Waals surface area contributed by atoms with E-state index < -0.39 is 11.9 Å². The number of aliphatic hydroxyl groups is 1. The number of methoxy groups -OCH3 is 1. The number of esters is 1. The smallest absolute Gasteiger partial charge is 0.311 e. The number of allylic oxidation sites excluding steroid dienone is 1. The van der Waals surface area contributed by atoms with Gasteiger partial charge in [0, 0.05) is 5.92 Å². The zero-order valence-corrected chi connectivity index (χ0v) is 12.6. The standard InChI is InChI=1S/C19H20O3/c1-22-19(21)18(14-20)17(16-10-6-3-7-11-16)13-12-15-8-4-2-5-9-15/h2-13,17-18,20H,14H2,1H3. The summed E-state index contributed by atoms with van der Waals surface area (Å²) in [5, 5.41) is 9.62. The van der Waals surface area contributed by atoms with E-state index in [0.717, 1.165) is 11.1 Å². The van der Waals surface area contributed by atoms with Crippen LogP contribution in [0.15, 0.2) is 66.7 Å². The highest BCUT2D eigenvalue weighted by molar-refractivity contribution is 5.74. The number of ether oxygens (including phenoxy) is 1. The molecule has 0 aromatic heterocycles. The average Bonchev–Trinajstić information content (AvgIpc) is 2.59. The lowest BCUT2D eigenvalue weighted by Gasteiger charge is -2.21. The molecule has 0 heterocycles. The predicted molar refractivity (Wildman–Crippen MR) is 87.3 cm³/mol. The molecule has 0 bridgehead atoms. The molecular formula is C19H20O3. The number of benzene rings is 2. The van der Waals surface area contributed by atoms with Crippen LogP contribution in [0.25, 0.3) is 6.08 Å². The van der Waals surface area contributed by atoms with Gasteiger partial charge in [0.25, 0.3) is 0 Å². The molecule has 2 unspecified atom stereocenters. The Kier molecular flexibility index (Phi) is 5.92. The van der Waals surface area contributed by atoms with E-state index in [9.17, 15) is 9.90 Å². The van der Waals surface area contributed by atoms with Crippen molar-refractivity contribution < 1.29 is 14.6 Å².